The van der Waals surface area contributed by atoms with Crippen molar-refractivity contribution in [3.8, 4) is 5.75 Å². The highest BCUT2D eigenvalue weighted by Gasteiger charge is 2.61. The quantitative estimate of drug-likeness (QED) is 0.0618. The molecule has 6 aromatic carbocycles. The molecule has 10 heteroatoms. The van der Waals surface area contributed by atoms with Gasteiger partial charge in [-0.15, -0.1) is 9.34 Å². The third-order valence-electron chi connectivity index (χ3n) is 11.8. The summed E-state index contributed by atoms with van der Waals surface area (Å²) in [5.74, 6) is -2.30. The molecule has 2 aliphatic rings. The first-order valence-electron chi connectivity index (χ1n) is 20.8. The van der Waals surface area contributed by atoms with Crippen molar-refractivity contribution in [1.82, 2.24) is 14.4 Å². The smallest absolute Gasteiger partial charge is 0.322 e. The van der Waals surface area contributed by atoms with E-state index >= 15 is 4.89 Å². The van der Waals surface area contributed by atoms with Crippen LogP contribution in [0.1, 0.15) is 67.8 Å². The van der Waals surface area contributed by atoms with Crippen LogP contribution < -0.4 is 14.7 Å². The Hall–Kier alpha value is -5.15. The fourth-order valence-corrected chi connectivity index (χ4v) is 12.3. The van der Waals surface area contributed by atoms with E-state index < -0.39 is 31.8 Å². The van der Waals surface area contributed by atoms with Crippen LogP contribution >= 0.6 is 7.94 Å². The van der Waals surface area contributed by atoms with Gasteiger partial charge in [0.2, 0.25) is 0 Å². The van der Waals surface area contributed by atoms with Crippen LogP contribution in [0.15, 0.2) is 140 Å². The summed E-state index contributed by atoms with van der Waals surface area (Å²) in [6, 6.07) is 45.2. The summed E-state index contributed by atoms with van der Waals surface area (Å²) in [5, 5.41) is 8.03. The second-order valence-corrected chi connectivity index (χ2v) is 17.7. The highest BCUT2D eigenvalue weighted by molar-refractivity contribution is 7.62. The van der Waals surface area contributed by atoms with Gasteiger partial charge in [0.1, 0.15) is 12.4 Å². The van der Waals surface area contributed by atoms with Crippen molar-refractivity contribution < 1.29 is 28.7 Å². The first-order valence-corrected chi connectivity index (χ1v) is 22.4. The first kappa shape index (κ1) is 40.6. The number of nitrogens with zero attached hydrogens (tertiary/aromatic N) is 2. The van der Waals surface area contributed by atoms with Gasteiger partial charge in [0.05, 0.1) is 44.4 Å². The molecule has 0 amide bonds. The van der Waals surface area contributed by atoms with Crippen LogP contribution in [0.4, 0.5) is 0 Å². The van der Waals surface area contributed by atoms with Crippen molar-refractivity contribution in [3.63, 3.8) is 0 Å². The Bertz CT molecular complexity index is 2250. The number of benzene rings is 6. The van der Waals surface area contributed by atoms with Crippen LogP contribution in [0, 0.1) is 5.92 Å². The van der Waals surface area contributed by atoms with Gasteiger partial charge in [-0.1, -0.05) is 140 Å². The van der Waals surface area contributed by atoms with Crippen molar-refractivity contribution in [2.24, 2.45) is 5.92 Å². The van der Waals surface area contributed by atoms with Crippen LogP contribution in [0.3, 0.4) is 0 Å². The lowest BCUT2D eigenvalue weighted by Gasteiger charge is -2.43. The molecule has 0 unspecified atom stereocenters. The number of nitrogens with one attached hydrogen (secondary N) is 1. The van der Waals surface area contributed by atoms with Gasteiger partial charge < -0.3 is 19.1 Å². The Kier molecular flexibility index (Phi) is 12.7. The van der Waals surface area contributed by atoms with Gasteiger partial charge in [-0.3, -0.25) is 9.59 Å². The summed E-state index contributed by atoms with van der Waals surface area (Å²) in [7, 11) is -3.87. The Balaban J connectivity index is 1.26. The SMILES string of the molecule is CCOC(=O)C(C(=O)OCC)[C@@H](N[P+]1([O-])N(Cc2cccc3ccccc23)[C@@H]2CCCC[C@H]2N1Cc1cccc2ccccc12)c1ccc(OCc2ccccc2)cc1. The molecule has 3 atom stereocenters. The molecule has 1 saturated heterocycles. The molecular weight excluding hydrogens is 758 g/mol. The average molecular weight is 810 g/mol. The lowest BCUT2D eigenvalue weighted by molar-refractivity contribution is -0.197. The molecule has 59 heavy (non-hydrogen) atoms. The number of esters is 2. The van der Waals surface area contributed by atoms with E-state index in [2.05, 4.69) is 75.1 Å². The van der Waals surface area contributed by atoms with Crippen LogP contribution in [-0.4, -0.2) is 46.6 Å². The summed E-state index contributed by atoms with van der Waals surface area (Å²) >= 11 is 0. The van der Waals surface area contributed by atoms with Gasteiger partial charge in [0.25, 0.3) is 0 Å². The molecule has 1 N–H and O–H groups in total. The molecule has 0 aromatic heterocycles. The van der Waals surface area contributed by atoms with Crippen molar-refractivity contribution in [3.05, 3.63) is 162 Å². The van der Waals surface area contributed by atoms with Gasteiger partial charge in [-0.2, -0.15) is 5.09 Å². The molecule has 2 fully saturated rings. The number of hydrogen-bond donors (Lipinski definition) is 1. The average Bonchev–Trinajstić information content (AvgIpc) is 3.49. The molecule has 8 rings (SSSR count). The molecule has 1 saturated carbocycles. The van der Waals surface area contributed by atoms with Gasteiger partial charge in [0.15, 0.2) is 13.9 Å². The molecule has 1 aliphatic carbocycles. The fraction of sp³-hybridized carbons (Fsp3) is 0.306. The second-order valence-electron chi connectivity index (χ2n) is 15.4. The largest absolute Gasteiger partial charge is 0.636 e. The molecule has 0 radical (unpaired) electrons. The zero-order valence-electron chi connectivity index (χ0n) is 33.7. The minimum absolute atomic E-state index is 0.0472. The van der Waals surface area contributed by atoms with Crippen LogP contribution in [0.5, 0.6) is 5.75 Å². The molecule has 1 aliphatic heterocycles. The third kappa shape index (κ3) is 8.63. The molecule has 0 spiro atoms. The van der Waals surface area contributed by atoms with Gasteiger partial charge in [-0.25, -0.2) is 0 Å². The van der Waals surface area contributed by atoms with Crippen molar-refractivity contribution >= 4 is 41.4 Å². The van der Waals surface area contributed by atoms with Crippen molar-refractivity contribution in [2.45, 2.75) is 77.4 Å². The Morgan fingerprint density at radius 1 is 0.661 bits per heavy atom. The fourth-order valence-electron chi connectivity index (χ4n) is 8.99. The van der Waals surface area contributed by atoms with E-state index in [9.17, 15) is 9.59 Å². The monoisotopic (exact) mass is 809 g/mol. The number of rotatable bonds is 15. The number of ether oxygens (including phenoxy) is 3. The van der Waals surface area contributed by atoms with E-state index in [4.69, 9.17) is 14.2 Å². The Morgan fingerprint density at radius 2 is 1.15 bits per heavy atom. The molecule has 1 heterocycles. The lowest BCUT2D eigenvalue weighted by atomic mass is 9.89. The number of hydrogen-bond acceptors (Lipinski definition) is 9. The maximum absolute atomic E-state index is 16.9. The second kappa shape index (κ2) is 18.4. The maximum Gasteiger partial charge on any atom is 0.322 e. The number of fused-ring (bicyclic) bond motifs is 3. The molecule has 6 aromatic rings. The van der Waals surface area contributed by atoms with Gasteiger partial charge in [-0.05, 0) is 82.6 Å². The topological polar surface area (TPSA) is 103 Å². The Morgan fingerprint density at radius 3 is 1.68 bits per heavy atom. The van der Waals surface area contributed by atoms with Crippen LogP contribution in [0.25, 0.3) is 21.5 Å². The van der Waals surface area contributed by atoms with Crippen molar-refractivity contribution in [2.75, 3.05) is 13.2 Å². The molecule has 304 valence electrons. The standard InChI is InChI=1S/C49H52N3O6P/c1-3-56-48(53)46(49(54)57-4-2)47(38-28-30-41(31-29-38)58-34-35-16-6-5-7-17-35)50-59(55)51(32-39-22-14-20-36-18-8-10-24-42(36)39)44-26-12-13-27-45(44)52(59)33-40-23-15-21-37-19-9-11-25-43(37)40/h5-11,14-25,28-31,44-47H,3-4,12-13,26-27,32-34H2,1-2H3,(H,50,55)/t44-,45-,47+/m1/s1. The Labute approximate surface area is 347 Å². The van der Waals surface area contributed by atoms with Crippen LogP contribution in [-0.2, 0) is 38.8 Å². The predicted molar refractivity (Wildman–Crippen MR) is 232 cm³/mol. The molecule has 9 nitrogen and oxygen atoms in total. The van der Waals surface area contributed by atoms with E-state index in [1.54, 1.807) is 13.8 Å². The zero-order valence-corrected chi connectivity index (χ0v) is 34.6. The molecular formula is C49H52N3O6P. The number of carbonyl (C=O) groups is 2. The van der Waals surface area contributed by atoms with E-state index in [0.717, 1.165) is 63.9 Å². The van der Waals surface area contributed by atoms with Gasteiger partial charge in [0, 0.05) is 0 Å². The predicted octanol–water partition coefficient (Wildman–Crippen LogP) is 9.31. The summed E-state index contributed by atoms with van der Waals surface area (Å²) in [6.07, 6.45) is 3.75. The lowest BCUT2D eigenvalue weighted by Crippen LogP contribution is -2.48. The van der Waals surface area contributed by atoms with Crippen LogP contribution in [0.2, 0.25) is 0 Å². The first-order chi connectivity index (χ1) is 28.9. The van der Waals surface area contributed by atoms with Crippen molar-refractivity contribution in [1.29, 1.82) is 0 Å². The highest BCUT2D eigenvalue weighted by atomic mass is 31.2. The van der Waals surface area contributed by atoms with E-state index in [0.29, 0.717) is 31.0 Å². The normalized spacial score (nSPS) is 18.4. The zero-order chi connectivity index (χ0) is 40.8. The summed E-state index contributed by atoms with van der Waals surface area (Å²) < 4.78 is 21.7. The third-order valence-corrected chi connectivity index (χ3v) is 14.7. The summed E-state index contributed by atoms with van der Waals surface area (Å²) in [6.45, 7) is 4.74. The maximum atomic E-state index is 16.9. The minimum Gasteiger partial charge on any atom is -0.636 e. The number of carbonyl (C=O) groups excluding carboxylic acids is 2. The van der Waals surface area contributed by atoms with E-state index in [1.807, 2.05) is 78.9 Å². The summed E-state index contributed by atoms with van der Waals surface area (Å²) in [5.41, 5.74) is 3.73. The highest BCUT2D eigenvalue weighted by Crippen LogP contribution is 2.66. The minimum atomic E-state index is -3.87. The van der Waals surface area contributed by atoms with E-state index in [1.165, 1.54) is 0 Å². The summed E-state index contributed by atoms with van der Waals surface area (Å²) in [4.78, 5) is 45.0. The molecule has 0 bridgehead atoms. The van der Waals surface area contributed by atoms with Gasteiger partial charge >= 0.3 is 11.9 Å². The van der Waals surface area contributed by atoms with E-state index in [-0.39, 0.29) is 25.3 Å².